The second kappa shape index (κ2) is 7.27. The van der Waals surface area contributed by atoms with Gasteiger partial charge in [0.1, 0.15) is 6.61 Å². The Labute approximate surface area is 94.4 Å². The van der Waals surface area contributed by atoms with E-state index < -0.39 is 5.97 Å². The van der Waals surface area contributed by atoms with E-state index in [-0.39, 0.29) is 13.2 Å². The number of benzene rings is 1. The number of hydrogen-bond donors (Lipinski definition) is 1. The molecule has 0 fully saturated rings. The van der Waals surface area contributed by atoms with E-state index in [1.807, 2.05) is 30.3 Å². The highest BCUT2D eigenvalue weighted by Crippen LogP contribution is 1.94. The van der Waals surface area contributed by atoms with Crippen LogP contribution < -0.4 is 0 Å². The molecule has 0 saturated heterocycles. The predicted molar refractivity (Wildman–Crippen MR) is 60.5 cm³/mol. The van der Waals surface area contributed by atoms with E-state index in [1.54, 1.807) is 6.08 Å². The van der Waals surface area contributed by atoms with E-state index in [9.17, 15) is 4.79 Å². The van der Waals surface area contributed by atoms with Crippen molar-refractivity contribution >= 4 is 5.97 Å². The van der Waals surface area contributed by atoms with Crippen molar-refractivity contribution in [3.8, 4) is 11.8 Å². The molecule has 0 heterocycles. The van der Waals surface area contributed by atoms with Gasteiger partial charge in [0.15, 0.2) is 0 Å². The van der Waals surface area contributed by atoms with Gasteiger partial charge in [0.25, 0.3) is 0 Å². The second-order valence-electron chi connectivity index (χ2n) is 2.87. The number of rotatable bonds is 3. The van der Waals surface area contributed by atoms with Crippen molar-refractivity contribution in [2.75, 3.05) is 13.2 Å². The lowest BCUT2D eigenvalue weighted by molar-refractivity contribution is -0.135. The lowest BCUT2D eigenvalue weighted by Crippen LogP contribution is -2.00. The number of ether oxygens (including phenoxy) is 1. The fraction of sp³-hybridized carbons (Fsp3) is 0.154. The van der Waals surface area contributed by atoms with Crippen LogP contribution in [0.1, 0.15) is 5.56 Å². The number of aliphatic hydroxyl groups is 1. The largest absolute Gasteiger partial charge is 0.452 e. The highest BCUT2D eigenvalue weighted by molar-refractivity contribution is 5.89. The van der Waals surface area contributed by atoms with Crippen LogP contribution in [0.15, 0.2) is 42.5 Å². The molecule has 0 aliphatic rings. The van der Waals surface area contributed by atoms with E-state index in [2.05, 4.69) is 11.8 Å². The average molecular weight is 216 g/mol. The summed E-state index contributed by atoms with van der Waals surface area (Å²) in [5, 5.41) is 8.43. The Morgan fingerprint density at radius 2 is 2.06 bits per heavy atom. The minimum atomic E-state index is -0.577. The third kappa shape index (κ3) is 4.99. The third-order valence-corrected chi connectivity index (χ3v) is 1.67. The van der Waals surface area contributed by atoms with E-state index in [0.29, 0.717) is 0 Å². The van der Waals surface area contributed by atoms with Crippen molar-refractivity contribution in [2.24, 2.45) is 0 Å². The van der Waals surface area contributed by atoms with Crippen molar-refractivity contribution in [2.45, 2.75) is 0 Å². The third-order valence-electron chi connectivity index (χ3n) is 1.67. The van der Waals surface area contributed by atoms with E-state index in [0.717, 1.165) is 5.56 Å². The zero-order chi connectivity index (χ0) is 11.6. The number of esters is 1. The van der Waals surface area contributed by atoms with Gasteiger partial charge in [-0.3, -0.25) is 0 Å². The molecule has 82 valence electrons. The molecule has 0 spiro atoms. The Morgan fingerprint density at radius 1 is 1.31 bits per heavy atom. The van der Waals surface area contributed by atoms with Crippen LogP contribution in [0, 0.1) is 11.8 Å². The molecule has 3 nitrogen and oxygen atoms in total. The lowest BCUT2D eigenvalue weighted by Gasteiger charge is -1.93. The second-order valence-corrected chi connectivity index (χ2v) is 2.87. The number of carbonyl (C=O) groups excluding carboxylic acids is 1. The predicted octanol–water partition coefficient (Wildman–Crippen LogP) is 1.13. The Hall–Kier alpha value is -2.05. The molecule has 1 aromatic carbocycles. The van der Waals surface area contributed by atoms with Crippen molar-refractivity contribution in [1.82, 2.24) is 0 Å². The SMILES string of the molecule is O=C(C#Cc1ccccc1)OC/C=C\CO. The van der Waals surface area contributed by atoms with Crippen LogP contribution >= 0.6 is 0 Å². The fourth-order valence-corrected chi connectivity index (χ4v) is 0.947. The highest BCUT2D eigenvalue weighted by atomic mass is 16.5. The quantitative estimate of drug-likeness (QED) is 0.468. The van der Waals surface area contributed by atoms with Gasteiger partial charge in [-0.05, 0) is 18.2 Å². The molecule has 0 aliphatic carbocycles. The molecule has 0 aromatic heterocycles. The van der Waals surface area contributed by atoms with Gasteiger partial charge < -0.3 is 9.84 Å². The van der Waals surface area contributed by atoms with Crippen molar-refractivity contribution < 1.29 is 14.6 Å². The maximum Gasteiger partial charge on any atom is 0.385 e. The summed E-state index contributed by atoms with van der Waals surface area (Å²) in [6.07, 6.45) is 3.06. The van der Waals surface area contributed by atoms with Gasteiger partial charge in [-0.25, -0.2) is 4.79 Å². The molecule has 16 heavy (non-hydrogen) atoms. The summed E-state index contributed by atoms with van der Waals surface area (Å²) < 4.78 is 4.76. The smallest absolute Gasteiger partial charge is 0.385 e. The van der Waals surface area contributed by atoms with E-state index in [1.165, 1.54) is 6.08 Å². The first-order valence-electron chi connectivity index (χ1n) is 4.82. The number of carbonyl (C=O) groups is 1. The van der Waals surface area contributed by atoms with Crippen LogP contribution in [-0.4, -0.2) is 24.3 Å². The molecule has 0 aliphatic heterocycles. The zero-order valence-electron chi connectivity index (χ0n) is 8.72. The first-order valence-corrected chi connectivity index (χ1v) is 4.82. The summed E-state index contributed by atoms with van der Waals surface area (Å²) in [6.45, 7) is 0.0656. The van der Waals surface area contributed by atoms with Crippen LogP contribution in [-0.2, 0) is 9.53 Å². The topological polar surface area (TPSA) is 46.5 Å². The molecule has 1 N–H and O–H groups in total. The first kappa shape index (κ1) is 12.0. The van der Waals surface area contributed by atoms with Gasteiger partial charge in [-0.15, -0.1) is 0 Å². The van der Waals surface area contributed by atoms with Crippen LogP contribution in [0.5, 0.6) is 0 Å². The van der Waals surface area contributed by atoms with Gasteiger partial charge in [0.2, 0.25) is 0 Å². The molecule has 0 atom stereocenters. The molecule has 0 radical (unpaired) electrons. The van der Waals surface area contributed by atoms with Gasteiger partial charge in [-0.2, -0.15) is 0 Å². The van der Waals surface area contributed by atoms with E-state index in [4.69, 9.17) is 9.84 Å². The molecular weight excluding hydrogens is 204 g/mol. The van der Waals surface area contributed by atoms with Crippen LogP contribution in [0.3, 0.4) is 0 Å². The maximum atomic E-state index is 11.1. The minimum absolute atomic E-state index is 0.0623. The molecule has 0 amide bonds. The summed E-state index contributed by atoms with van der Waals surface area (Å²) >= 11 is 0. The Kier molecular flexibility index (Phi) is 5.46. The van der Waals surface area contributed by atoms with Crippen LogP contribution in [0.4, 0.5) is 0 Å². The Morgan fingerprint density at radius 3 is 2.75 bits per heavy atom. The molecular formula is C13H12O3. The standard InChI is InChI=1S/C13H12O3/c14-10-4-5-11-16-13(15)9-8-12-6-2-1-3-7-12/h1-7,14H,10-11H2/b5-4-. The highest BCUT2D eigenvalue weighted by Gasteiger charge is 1.93. The number of aliphatic hydroxyl groups excluding tert-OH is 1. The lowest BCUT2D eigenvalue weighted by atomic mass is 10.2. The minimum Gasteiger partial charge on any atom is -0.452 e. The van der Waals surface area contributed by atoms with E-state index >= 15 is 0 Å². The zero-order valence-corrected chi connectivity index (χ0v) is 8.72. The van der Waals surface area contributed by atoms with Crippen molar-refractivity contribution in [3.63, 3.8) is 0 Å². The van der Waals surface area contributed by atoms with Crippen molar-refractivity contribution in [3.05, 3.63) is 48.0 Å². The first-order chi connectivity index (χ1) is 7.83. The Bertz CT molecular complexity index is 410. The molecule has 1 aromatic rings. The molecule has 0 saturated carbocycles. The summed E-state index contributed by atoms with van der Waals surface area (Å²) in [7, 11) is 0. The van der Waals surface area contributed by atoms with Gasteiger partial charge in [0.05, 0.1) is 6.61 Å². The van der Waals surface area contributed by atoms with Crippen LogP contribution in [0.2, 0.25) is 0 Å². The van der Waals surface area contributed by atoms with Crippen LogP contribution in [0.25, 0.3) is 0 Å². The summed E-state index contributed by atoms with van der Waals surface area (Å²) in [4.78, 5) is 11.1. The maximum absolute atomic E-state index is 11.1. The normalized spacial score (nSPS) is 9.56. The molecule has 3 heteroatoms. The van der Waals surface area contributed by atoms with Gasteiger partial charge in [-0.1, -0.05) is 30.2 Å². The molecule has 0 unspecified atom stereocenters. The summed E-state index contributed by atoms with van der Waals surface area (Å²) in [5.74, 6) is 4.48. The monoisotopic (exact) mass is 216 g/mol. The fourth-order valence-electron chi connectivity index (χ4n) is 0.947. The summed E-state index contributed by atoms with van der Waals surface area (Å²) in [5.41, 5.74) is 0.769. The number of hydrogen-bond acceptors (Lipinski definition) is 3. The molecule has 0 bridgehead atoms. The average Bonchev–Trinajstić information content (AvgIpc) is 2.33. The van der Waals surface area contributed by atoms with Crippen molar-refractivity contribution in [1.29, 1.82) is 0 Å². The summed E-state index contributed by atoms with van der Waals surface area (Å²) in [6, 6.07) is 9.19. The Balaban J connectivity index is 2.40. The van der Waals surface area contributed by atoms with Gasteiger partial charge >= 0.3 is 5.97 Å². The van der Waals surface area contributed by atoms with Gasteiger partial charge in [0, 0.05) is 11.5 Å². The molecule has 1 rings (SSSR count).